The van der Waals surface area contributed by atoms with Crippen LogP contribution in [0.25, 0.3) is 0 Å². The first kappa shape index (κ1) is 12.4. The molecule has 0 aliphatic heterocycles. The van der Waals surface area contributed by atoms with Gasteiger partial charge in [-0.25, -0.2) is 0 Å². The first-order valence-corrected chi connectivity index (χ1v) is 4.46. The number of halogens is 2. The molecule has 0 atom stereocenters. The van der Waals surface area contributed by atoms with E-state index in [0.29, 0.717) is 0 Å². The molecule has 0 bridgehead atoms. The molecule has 1 amide bonds. The summed E-state index contributed by atoms with van der Waals surface area (Å²) >= 11 is 0. The summed E-state index contributed by atoms with van der Waals surface area (Å²) in [6, 6.07) is 5.93. The molecule has 0 spiro atoms. The third kappa shape index (κ3) is 3.82. The molecular weight excluding hydrogens is 220 g/mol. The Hall–Kier alpha value is -1.69. The number of para-hydroxylation sites is 2. The molecule has 0 heterocycles. The zero-order valence-corrected chi connectivity index (χ0v) is 8.57. The number of anilines is 1. The summed E-state index contributed by atoms with van der Waals surface area (Å²) in [4.78, 5) is 11.2. The summed E-state index contributed by atoms with van der Waals surface area (Å²) in [5, 5.41) is 2.39. The van der Waals surface area contributed by atoms with Crippen molar-refractivity contribution >= 4 is 11.6 Å². The molecule has 16 heavy (non-hydrogen) atoms. The predicted molar refractivity (Wildman–Crippen MR) is 53.6 cm³/mol. The highest BCUT2D eigenvalue weighted by Gasteiger charge is 2.10. The number of methoxy groups -OCH3 is 1. The van der Waals surface area contributed by atoms with Crippen molar-refractivity contribution in [3.63, 3.8) is 0 Å². The van der Waals surface area contributed by atoms with Gasteiger partial charge in [0.25, 0.3) is 0 Å². The van der Waals surface area contributed by atoms with Crippen molar-refractivity contribution in [3.05, 3.63) is 24.3 Å². The molecule has 0 saturated carbocycles. The Morgan fingerprint density at radius 1 is 1.44 bits per heavy atom. The highest BCUT2D eigenvalue weighted by atomic mass is 19.3. The van der Waals surface area contributed by atoms with Crippen LogP contribution < -0.4 is 10.1 Å². The normalized spacial score (nSPS) is 10.2. The number of hydrogen-bond acceptors (Lipinski definition) is 3. The second-order valence-electron chi connectivity index (χ2n) is 2.86. The summed E-state index contributed by atoms with van der Waals surface area (Å²) < 4.78 is 32.9. The van der Waals surface area contributed by atoms with Crippen molar-refractivity contribution in [1.29, 1.82) is 0 Å². The van der Waals surface area contributed by atoms with Gasteiger partial charge in [0.1, 0.15) is 12.4 Å². The largest absolute Gasteiger partial charge is 0.433 e. The molecule has 1 aromatic carbocycles. The minimum absolute atomic E-state index is 0.0815. The van der Waals surface area contributed by atoms with Gasteiger partial charge >= 0.3 is 6.61 Å². The SMILES string of the molecule is COCC(=O)Nc1ccccc1OC(F)F. The van der Waals surface area contributed by atoms with Gasteiger partial charge in [-0.15, -0.1) is 0 Å². The first-order chi connectivity index (χ1) is 7.63. The highest BCUT2D eigenvalue weighted by molar-refractivity contribution is 5.93. The Morgan fingerprint density at radius 3 is 2.75 bits per heavy atom. The van der Waals surface area contributed by atoms with Crippen LogP contribution in [0, 0.1) is 0 Å². The van der Waals surface area contributed by atoms with E-state index in [0.717, 1.165) is 0 Å². The number of carbonyl (C=O) groups is 1. The lowest BCUT2D eigenvalue weighted by Gasteiger charge is -2.11. The molecule has 0 fully saturated rings. The molecule has 1 N–H and O–H groups in total. The maximum atomic E-state index is 12.0. The van der Waals surface area contributed by atoms with Gasteiger partial charge in [-0.05, 0) is 12.1 Å². The van der Waals surface area contributed by atoms with E-state index in [1.807, 2.05) is 0 Å². The Balaban J connectivity index is 2.74. The van der Waals surface area contributed by atoms with Crippen LogP contribution in [0.15, 0.2) is 24.3 Å². The van der Waals surface area contributed by atoms with Crippen LogP contribution in [-0.2, 0) is 9.53 Å². The van der Waals surface area contributed by atoms with Crippen LogP contribution in [-0.4, -0.2) is 26.2 Å². The molecule has 0 radical (unpaired) electrons. The lowest BCUT2D eigenvalue weighted by Crippen LogP contribution is -2.18. The number of nitrogens with one attached hydrogen (secondary N) is 1. The highest BCUT2D eigenvalue weighted by Crippen LogP contribution is 2.25. The Bertz CT molecular complexity index is 358. The molecule has 0 aliphatic carbocycles. The average molecular weight is 231 g/mol. The van der Waals surface area contributed by atoms with Gasteiger partial charge in [0, 0.05) is 7.11 Å². The van der Waals surface area contributed by atoms with Gasteiger partial charge in [-0.2, -0.15) is 8.78 Å². The van der Waals surface area contributed by atoms with E-state index in [-0.39, 0.29) is 18.0 Å². The molecule has 0 saturated heterocycles. The molecular formula is C10H11F2NO3. The number of carbonyl (C=O) groups excluding carboxylic acids is 1. The maximum Gasteiger partial charge on any atom is 0.387 e. The first-order valence-electron chi connectivity index (χ1n) is 4.46. The van der Waals surface area contributed by atoms with Crippen molar-refractivity contribution in [1.82, 2.24) is 0 Å². The third-order valence-corrected chi connectivity index (χ3v) is 1.65. The van der Waals surface area contributed by atoms with Gasteiger partial charge in [-0.3, -0.25) is 4.79 Å². The van der Waals surface area contributed by atoms with Crippen LogP contribution in [0.1, 0.15) is 0 Å². The smallest absolute Gasteiger partial charge is 0.387 e. The number of benzene rings is 1. The molecule has 0 aliphatic rings. The minimum atomic E-state index is -2.93. The van der Waals surface area contributed by atoms with Gasteiger partial charge in [-0.1, -0.05) is 12.1 Å². The van der Waals surface area contributed by atoms with Gasteiger partial charge in [0.05, 0.1) is 5.69 Å². The average Bonchev–Trinajstić information content (AvgIpc) is 2.20. The van der Waals surface area contributed by atoms with E-state index < -0.39 is 12.5 Å². The molecule has 1 rings (SSSR count). The van der Waals surface area contributed by atoms with Crippen molar-refractivity contribution in [2.45, 2.75) is 6.61 Å². The number of amides is 1. The minimum Gasteiger partial charge on any atom is -0.433 e. The van der Waals surface area contributed by atoms with Gasteiger partial charge in [0.15, 0.2) is 0 Å². The van der Waals surface area contributed by atoms with E-state index in [2.05, 4.69) is 14.8 Å². The molecule has 1 aromatic rings. The lowest BCUT2D eigenvalue weighted by molar-refractivity contribution is -0.119. The third-order valence-electron chi connectivity index (χ3n) is 1.65. The van der Waals surface area contributed by atoms with E-state index >= 15 is 0 Å². The fourth-order valence-electron chi connectivity index (χ4n) is 1.09. The van der Waals surface area contributed by atoms with Crippen molar-refractivity contribution in [2.75, 3.05) is 19.0 Å². The standard InChI is InChI=1S/C10H11F2NO3/c1-15-6-9(14)13-7-4-2-3-5-8(7)16-10(11)12/h2-5,10H,6H2,1H3,(H,13,14). The van der Waals surface area contributed by atoms with E-state index in [4.69, 9.17) is 0 Å². The summed E-state index contributed by atoms with van der Waals surface area (Å²) in [5.74, 6) is -0.519. The zero-order chi connectivity index (χ0) is 12.0. The lowest BCUT2D eigenvalue weighted by atomic mass is 10.3. The Kier molecular flexibility index (Phi) is 4.65. The number of ether oxygens (including phenoxy) is 2. The summed E-state index contributed by atoms with van der Waals surface area (Å²) in [6.45, 7) is -3.08. The fraction of sp³-hybridized carbons (Fsp3) is 0.300. The second kappa shape index (κ2) is 6.02. The van der Waals surface area contributed by atoms with E-state index in [1.54, 1.807) is 6.07 Å². The maximum absolute atomic E-state index is 12.0. The fourth-order valence-corrected chi connectivity index (χ4v) is 1.09. The number of hydrogen-bond donors (Lipinski definition) is 1. The van der Waals surface area contributed by atoms with Crippen molar-refractivity contribution in [3.8, 4) is 5.75 Å². The van der Waals surface area contributed by atoms with Crippen LogP contribution in [0.3, 0.4) is 0 Å². The van der Waals surface area contributed by atoms with E-state index in [1.165, 1.54) is 25.3 Å². The van der Waals surface area contributed by atoms with Gasteiger partial charge < -0.3 is 14.8 Å². The number of alkyl halides is 2. The quantitative estimate of drug-likeness (QED) is 0.841. The van der Waals surface area contributed by atoms with Crippen molar-refractivity contribution < 1.29 is 23.0 Å². The Labute approximate surface area is 91.2 Å². The summed E-state index contributed by atoms with van der Waals surface area (Å²) in [7, 11) is 1.36. The van der Waals surface area contributed by atoms with E-state index in [9.17, 15) is 13.6 Å². The van der Waals surface area contributed by atoms with Crippen LogP contribution in [0.5, 0.6) is 5.75 Å². The molecule has 6 heteroatoms. The number of rotatable bonds is 5. The van der Waals surface area contributed by atoms with Crippen LogP contribution in [0.4, 0.5) is 14.5 Å². The zero-order valence-electron chi connectivity index (χ0n) is 8.57. The molecule has 0 aromatic heterocycles. The van der Waals surface area contributed by atoms with Crippen LogP contribution >= 0.6 is 0 Å². The second-order valence-corrected chi connectivity index (χ2v) is 2.86. The monoisotopic (exact) mass is 231 g/mol. The Morgan fingerprint density at radius 2 is 2.12 bits per heavy atom. The predicted octanol–water partition coefficient (Wildman–Crippen LogP) is 1.87. The topological polar surface area (TPSA) is 47.6 Å². The summed E-state index contributed by atoms with van der Waals surface area (Å²) in [5.41, 5.74) is 0.185. The molecule has 0 unspecified atom stereocenters. The van der Waals surface area contributed by atoms with Gasteiger partial charge in [0.2, 0.25) is 5.91 Å². The van der Waals surface area contributed by atoms with Crippen LogP contribution in [0.2, 0.25) is 0 Å². The van der Waals surface area contributed by atoms with Crippen molar-refractivity contribution in [2.24, 2.45) is 0 Å². The molecule has 4 nitrogen and oxygen atoms in total. The molecule has 88 valence electrons. The summed E-state index contributed by atoms with van der Waals surface area (Å²) in [6.07, 6.45) is 0.